The number of nitrogen functional groups attached to an aromatic ring is 1. The Labute approximate surface area is 121 Å². The molecule has 1 aromatic heterocycles. The van der Waals surface area contributed by atoms with Crippen LogP contribution in [0.15, 0.2) is 43.0 Å². The highest BCUT2D eigenvalue weighted by Crippen LogP contribution is 2.13. The zero-order valence-electron chi connectivity index (χ0n) is 10.9. The molecule has 5 nitrogen and oxygen atoms in total. The summed E-state index contributed by atoms with van der Waals surface area (Å²) in [5.41, 5.74) is 7.95. The lowest BCUT2D eigenvalue weighted by Crippen LogP contribution is -2.08. The first kappa shape index (κ1) is 14.3. The molecule has 2 rings (SSSR count). The van der Waals surface area contributed by atoms with E-state index >= 15 is 0 Å². The van der Waals surface area contributed by atoms with Crippen LogP contribution in [-0.2, 0) is 10.5 Å². The minimum atomic E-state index is -0.390. The van der Waals surface area contributed by atoms with Gasteiger partial charge in [0.25, 0.3) is 0 Å². The predicted molar refractivity (Wildman–Crippen MR) is 79.3 cm³/mol. The van der Waals surface area contributed by atoms with Gasteiger partial charge in [-0.15, -0.1) is 0 Å². The molecule has 0 saturated heterocycles. The van der Waals surface area contributed by atoms with Crippen molar-refractivity contribution in [1.82, 2.24) is 9.97 Å². The van der Waals surface area contributed by atoms with E-state index in [9.17, 15) is 4.79 Å². The summed E-state index contributed by atoms with van der Waals surface area (Å²) in [7, 11) is 0. The molecule has 0 atom stereocenters. The van der Waals surface area contributed by atoms with Gasteiger partial charge in [-0.3, -0.25) is 0 Å². The fourth-order valence-corrected chi connectivity index (χ4v) is 2.26. The highest BCUT2D eigenvalue weighted by molar-refractivity contribution is 7.98. The van der Waals surface area contributed by atoms with Crippen molar-refractivity contribution >= 4 is 23.4 Å². The first-order chi connectivity index (χ1) is 9.75. The van der Waals surface area contributed by atoms with Crippen molar-refractivity contribution in [2.75, 3.05) is 18.1 Å². The Morgan fingerprint density at radius 1 is 1.20 bits per heavy atom. The topological polar surface area (TPSA) is 78.1 Å². The minimum Gasteiger partial charge on any atom is -0.461 e. The van der Waals surface area contributed by atoms with Gasteiger partial charge in [0, 0.05) is 29.6 Å². The van der Waals surface area contributed by atoms with Gasteiger partial charge < -0.3 is 10.5 Å². The number of ether oxygens (including phenoxy) is 1. The number of hydrogen-bond acceptors (Lipinski definition) is 6. The van der Waals surface area contributed by atoms with Gasteiger partial charge in [0.15, 0.2) is 0 Å². The van der Waals surface area contributed by atoms with Crippen LogP contribution in [0, 0.1) is 0 Å². The SMILES string of the molecule is Nc1ccc(CSCCOC(=O)c2cncnc2)cc1. The largest absolute Gasteiger partial charge is 0.461 e. The number of esters is 1. The lowest BCUT2D eigenvalue weighted by Gasteiger charge is -2.05. The number of thioether (sulfide) groups is 1. The second-order valence-electron chi connectivity index (χ2n) is 4.06. The zero-order valence-corrected chi connectivity index (χ0v) is 11.7. The van der Waals surface area contributed by atoms with E-state index in [2.05, 4.69) is 9.97 Å². The molecule has 1 heterocycles. The van der Waals surface area contributed by atoms with Crippen molar-refractivity contribution in [3.8, 4) is 0 Å². The molecular formula is C14H15N3O2S. The van der Waals surface area contributed by atoms with E-state index < -0.39 is 5.97 Å². The molecule has 0 aliphatic heterocycles. The Morgan fingerprint density at radius 2 is 1.90 bits per heavy atom. The van der Waals surface area contributed by atoms with Gasteiger partial charge >= 0.3 is 5.97 Å². The quantitative estimate of drug-likeness (QED) is 0.499. The Morgan fingerprint density at radius 3 is 2.60 bits per heavy atom. The van der Waals surface area contributed by atoms with E-state index in [1.807, 2.05) is 24.3 Å². The van der Waals surface area contributed by atoms with Crippen molar-refractivity contribution in [3.05, 3.63) is 54.1 Å². The molecule has 0 amide bonds. The molecule has 0 saturated carbocycles. The molecule has 0 bridgehead atoms. The third kappa shape index (κ3) is 4.55. The Hall–Kier alpha value is -2.08. The third-order valence-electron chi connectivity index (χ3n) is 2.51. The summed E-state index contributed by atoms with van der Waals surface area (Å²) >= 11 is 1.70. The Balaban J connectivity index is 1.64. The summed E-state index contributed by atoms with van der Waals surface area (Å²) in [6, 6.07) is 7.75. The van der Waals surface area contributed by atoms with Gasteiger partial charge in [-0.2, -0.15) is 11.8 Å². The van der Waals surface area contributed by atoms with Crippen molar-refractivity contribution in [1.29, 1.82) is 0 Å². The van der Waals surface area contributed by atoms with Gasteiger partial charge in [-0.1, -0.05) is 12.1 Å². The summed E-state index contributed by atoms with van der Waals surface area (Å²) in [5.74, 6) is 1.22. The lowest BCUT2D eigenvalue weighted by atomic mass is 10.2. The van der Waals surface area contributed by atoms with Crippen LogP contribution in [0.25, 0.3) is 0 Å². The molecule has 1 aromatic carbocycles. The second kappa shape index (κ2) is 7.49. The summed E-state index contributed by atoms with van der Waals surface area (Å²) in [5, 5.41) is 0. The Kier molecular flexibility index (Phi) is 5.37. The van der Waals surface area contributed by atoms with Gasteiger partial charge in [0.1, 0.15) is 12.9 Å². The van der Waals surface area contributed by atoms with E-state index in [-0.39, 0.29) is 0 Å². The predicted octanol–water partition coefficient (Wildman–Crippen LogP) is 2.15. The van der Waals surface area contributed by atoms with Crippen LogP contribution < -0.4 is 5.73 Å². The smallest absolute Gasteiger partial charge is 0.341 e. The van der Waals surface area contributed by atoms with Crippen molar-refractivity contribution in [2.24, 2.45) is 0 Å². The highest BCUT2D eigenvalue weighted by atomic mass is 32.2. The highest BCUT2D eigenvalue weighted by Gasteiger charge is 2.06. The van der Waals surface area contributed by atoms with Crippen LogP contribution in [-0.4, -0.2) is 28.3 Å². The van der Waals surface area contributed by atoms with Crippen LogP contribution in [0.1, 0.15) is 15.9 Å². The van der Waals surface area contributed by atoms with Crippen molar-refractivity contribution < 1.29 is 9.53 Å². The molecule has 104 valence electrons. The monoisotopic (exact) mass is 289 g/mol. The molecule has 6 heteroatoms. The Bertz CT molecular complexity index is 546. The van der Waals surface area contributed by atoms with E-state index in [1.165, 1.54) is 24.3 Å². The van der Waals surface area contributed by atoms with Crippen molar-refractivity contribution in [2.45, 2.75) is 5.75 Å². The average molecular weight is 289 g/mol. The number of aromatic nitrogens is 2. The maximum absolute atomic E-state index is 11.6. The number of nitrogens with two attached hydrogens (primary N) is 1. The van der Waals surface area contributed by atoms with E-state index in [0.717, 1.165) is 17.2 Å². The summed E-state index contributed by atoms with van der Waals surface area (Å²) in [4.78, 5) is 19.1. The number of anilines is 1. The summed E-state index contributed by atoms with van der Waals surface area (Å²) in [6.45, 7) is 0.368. The van der Waals surface area contributed by atoms with Gasteiger partial charge in [-0.25, -0.2) is 14.8 Å². The lowest BCUT2D eigenvalue weighted by molar-refractivity contribution is 0.0529. The van der Waals surface area contributed by atoms with E-state index in [0.29, 0.717) is 12.2 Å². The summed E-state index contributed by atoms with van der Waals surface area (Å²) in [6.07, 6.45) is 4.26. The number of carbonyl (C=O) groups excluding carboxylic acids is 1. The molecule has 0 aliphatic rings. The molecule has 2 aromatic rings. The molecule has 0 radical (unpaired) electrons. The fraction of sp³-hybridized carbons (Fsp3) is 0.214. The standard InChI is InChI=1S/C14H15N3O2S/c15-13-3-1-11(2-4-13)9-20-6-5-19-14(18)12-7-16-10-17-8-12/h1-4,7-8,10H,5-6,9,15H2. The normalized spacial score (nSPS) is 10.2. The van der Waals surface area contributed by atoms with Gasteiger partial charge in [-0.05, 0) is 17.7 Å². The molecule has 0 spiro atoms. The van der Waals surface area contributed by atoms with E-state index in [1.54, 1.807) is 11.8 Å². The molecule has 20 heavy (non-hydrogen) atoms. The second-order valence-corrected chi connectivity index (χ2v) is 5.16. The minimum absolute atomic E-state index is 0.368. The first-order valence-electron chi connectivity index (χ1n) is 6.10. The molecular weight excluding hydrogens is 274 g/mol. The maximum Gasteiger partial charge on any atom is 0.341 e. The van der Waals surface area contributed by atoms with Crippen molar-refractivity contribution in [3.63, 3.8) is 0 Å². The van der Waals surface area contributed by atoms with E-state index in [4.69, 9.17) is 10.5 Å². The molecule has 0 unspecified atom stereocenters. The van der Waals surface area contributed by atoms with Crippen LogP contribution in [0.2, 0.25) is 0 Å². The zero-order chi connectivity index (χ0) is 14.2. The number of hydrogen-bond donors (Lipinski definition) is 1. The van der Waals surface area contributed by atoms with Gasteiger partial charge in [0.2, 0.25) is 0 Å². The molecule has 0 aliphatic carbocycles. The molecule has 2 N–H and O–H groups in total. The number of rotatable bonds is 6. The third-order valence-corrected chi connectivity index (χ3v) is 3.50. The van der Waals surface area contributed by atoms with Crippen LogP contribution in [0.3, 0.4) is 0 Å². The fourth-order valence-electron chi connectivity index (χ4n) is 1.49. The van der Waals surface area contributed by atoms with Crippen LogP contribution >= 0.6 is 11.8 Å². The number of carbonyl (C=O) groups is 1. The van der Waals surface area contributed by atoms with Crippen LogP contribution in [0.5, 0.6) is 0 Å². The maximum atomic E-state index is 11.6. The van der Waals surface area contributed by atoms with Crippen LogP contribution in [0.4, 0.5) is 5.69 Å². The average Bonchev–Trinajstić information content (AvgIpc) is 2.49. The van der Waals surface area contributed by atoms with Gasteiger partial charge in [0.05, 0.1) is 5.56 Å². The number of nitrogens with zero attached hydrogens (tertiary/aromatic N) is 2. The molecule has 0 fully saturated rings. The summed E-state index contributed by atoms with van der Waals surface area (Å²) < 4.78 is 5.13. The number of benzene rings is 1. The first-order valence-corrected chi connectivity index (χ1v) is 7.25.